The molecule has 0 bridgehead atoms. The van der Waals surface area contributed by atoms with Crippen LogP contribution in [0.4, 0.5) is 14.5 Å². The van der Waals surface area contributed by atoms with E-state index in [0.29, 0.717) is 11.3 Å². The number of anilines is 1. The number of alkyl halides is 2. The first-order valence-electron chi connectivity index (χ1n) is 6.55. The molecule has 2 rings (SSSR count). The van der Waals surface area contributed by atoms with Crippen molar-refractivity contribution in [3.05, 3.63) is 54.1 Å². The van der Waals surface area contributed by atoms with Gasteiger partial charge in [0, 0.05) is 5.56 Å². The molecule has 0 aliphatic rings. The molecule has 4 nitrogen and oxygen atoms in total. The smallest absolute Gasteiger partial charge is 0.387 e. The zero-order chi connectivity index (χ0) is 15.9. The summed E-state index contributed by atoms with van der Waals surface area (Å²) in [5.74, 6) is 0.162. The molecule has 0 aliphatic heterocycles. The van der Waals surface area contributed by atoms with Gasteiger partial charge in [-0.15, -0.1) is 0 Å². The van der Waals surface area contributed by atoms with E-state index in [-0.39, 0.29) is 23.8 Å². The third kappa shape index (κ3) is 4.18. The van der Waals surface area contributed by atoms with Crippen molar-refractivity contribution in [3.63, 3.8) is 0 Å². The van der Waals surface area contributed by atoms with Gasteiger partial charge < -0.3 is 14.8 Å². The molecule has 116 valence electrons. The third-order valence-corrected chi connectivity index (χ3v) is 2.92. The maximum Gasteiger partial charge on any atom is 0.387 e. The fourth-order valence-corrected chi connectivity index (χ4v) is 1.99. The summed E-state index contributed by atoms with van der Waals surface area (Å²) in [4.78, 5) is 12.1. The second kappa shape index (κ2) is 7.40. The predicted octanol–water partition coefficient (Wildman–Crippen LogP) is 3.48. The van der Waals surface area contributed by atoms with Crippen molar-refractivity contribution in [2.75, 3.05) is 12.4 Å². The van der Waals surface area contributed by atoms with Crippen molar-refractivity contribution >= 4 is 11.6 Å². The number of amides is 1. The van der Waals surface area contributed by atoms with Gasteiger partial charge in [-0.3, -0.25) is 4.79 Å². The molecule has 0 unspecified atom stereocenters. The van der Waals surface area contributed by atoms with Crippen LogP contribution in [-0.2, 0) is 11.2 Å². The fourth-order valence-electron chi connectivity index (χ4n) is 1.99. The molecule has 2 aromatic rings. The van der Waals surface area contributed by atoms with Crippen LogP contribution >= 0.6 is 0 Å². The van der Waals surface area contributed by atoms with E-state index in [1.54, 1.807) is 36.4 Å². The van der Waals surface area contributed by atoms with Gasteiger partial charge in [0.2, 0.25) is 5.91 Å². The molecule has 6 heteroatoms. The van der Waals surface area contributed by atoms with Crippen LogP contribution in [0.5, 0.6) is 11.5 Å². The summed E-state index contributed by atoms with van der Waals surface area (Å²) in [5, 5.41) is 2.56. The Kier molecular flexibility index (Phi) is 5.30. The van der Waals surface area contributed by atoms with E-state index in [1.165, 1.54) is 19.2 Å². The predicted molar refractivity (Wildman–Crippen MR) is 78.4 cm³/mol. The Morgan fingerprint density at radius 1 is 1.09 bits per heavy atom. The number of carbonyl (C=O) groups excluding carboxylic acids is 1. The number of hydrogen-bond acceptors (Lipinski definition) is 3. The van der Waals surface area contributed by atoms with E-state index < -0.39 is 6.61 Å². The highest BCUT2D eigenvalue weighted by atomic mass is 19.3. The maximum atomic E-state index is 12.3. The number of rotatable bonds is 6. The highest BCUT2D eigenvalue weighted by Crippen LogP contribution is 2.26. The second-order valence-corrected chi connectivity index (χ2v) is 4.41. The van der Waals surface area contributed by atoms with E-state index >= 15 is 0 Å². The molecule has 2 aromatic carbocycles. The lowest BCUT2D eigenvalue weighted by Crippen LogP contribution is -2.16. The Balaban J connectivity index is 2.09. The summed E-state index contributed by atoms with van der Waals surface area (Å²) in [6, 6.07) is 13.1. The third-order valence-electron chi connectivity index (χ3n) is 2.92. The first-order valence-corrected chi connectivity index (χ1v) is 6.55. The van der Waals surface area contributed by atoms with Crippen molar-refractivity contribution in [3.8, 4) is 11.5 Å². The van der Waals surface area contributed by atoms with Crippen LogP contribution in [-0.4, -0.2) is 19.6 Å². The summed E-state index contributed by atoms with van der Waals surface area (Å²) < 4.78 is 34.2. The second-order valence-electron chi connectivity index (χ2n) is 4.41. The number of para-hydroxylation sites is 3. The molecule has 0 heterocycles. The minimum Gasteiger partial charge on any atom is -0.496 e. The molecule has 22 heavy (non-hydrogen) atoms. The molecule has 1 N–H and O–H groups in total. The first-order chi connectivity index (χ1) is 10.6. The minimum absolute atomic E-state index is 0.0625. The summed E-state index contributed by atoms with van der Waals surface area (Å²) in [5.41, 5.74) is 0.900. The van der Waals surface area contributed by atoms with Crippen molar-refractivity contribution in [1.82, 2.24) is 0 Å². The lowest BCUT2D eigenvalue weighted by Gasteiger charge is -2.12. The van der Waals surface area contributed by atoms with Crippen LogP contribution in [0, 0.1) is 0 Å². The topological polar surface area (TPSA) is 47.6 Å². The summed E-state index contributed by atoms with van der Waals surface area (Å²) >= 11 is 0. The molecular weight excluding hydrogens is 292 g/mol. The van der Waals surface area contributed by atoms with Crippen LogP contribution < -0.4 is 14.8 Å². The standard InChI is InChI=1S/C16H15F2NO3/c1-21-13-8-4-2-6-11(13)10-15(20)19-12-7-3-5-9-14(12)22-16(17)18/h2-9,16H,10H2,1H3,(H,19,20). The van der Waals surface area contributed by atoms with Crippen LogP contribution in [0.15, 0.2) is 48.5 Å². The number of halogens is 2. The Hall–Kier alpha value is -2.63. The fraction of sp³-hybridized carbons (Fsp3) is 0.188. The number of nitrogens with one attached hydrogen (secondary N) is 1. The summed E-state index contributed by atoms with van der Waals surface area (Å²) in [7, 11) is 1.52. The lowest BCUT2D eigenvalue weighted by molar-refractivity contribution is -0.115. The molecule has 0 fully saturated rings. The largest absolute Gasteiger partial charge is 0.496 e. The van der Waals surface area contributed by atoms with E-state index in [2.05, 4.69) is 10.1 Å². The van der Waals surface area contributed by atoms with Gasteiger partial charge in [-0.05, 0) is 18.2 Å². The Morgan fingerprint density at radius 2 is 1.73 bits per heavy atom. The van der Waals surface area contributed by atoms with Crippen molar-refractivity contribution < 1.29 is 23.0 Å². The van der Waals surface area contributed by atoms with Gasteiger partial charge in [-0.25, -0.2) is 0 Å². The SMILES string of the molecule is COc1ccccc1CC(=O)Nc1ccccc1OC(F)F. The molecule has 0 aromatic heterocycles. The van der Waals surface area contributed by atoms with E-state index in [4.69, 9.17) is 4.74 Å². The normalized spacial score (nSPS) is 10.4. The van der Waals surface area contributed by atoms with Gasteiger partial charge in [-0.2, -0.15) is 8.78 Å². The highest BCUT2D eigenvalue weighted by molar-refractivity contribution is 5.94. The van der Waals surface area contributed by atoms with E-state index in [1.807, 2.05) is 0 Å². The number of hydrogen-bond donors (Lipinski definition) is 1. The van der Waals surface area contributed by atoms with Gasteiger partial charge in [0.25, 0.3) is 0 Å². The first kappa shape index (κ1) is 15.8. The Labute approximate surface area is 126 Å². The highest BCUT2D eigenvalue weighted by Gasteiger charge is 2.13. The van der Waals surface area contributed by atoms with Crippen LogP contribution in [0.3, 0.4) is 0 Å². The zero-order valence-corrected chi connectivity index (χ0v) is 11.9. The number of ether oxygens (including phenoxy) is 2. The minimum atomic E-state index is -2.95. The molecule has 0 atom stereocenters. The quantitative estimate of drug-likeness (QED) is 0.889. The van der Waals surface area contributed by atoms with Gasteiger partial charge >= 0.3 is 6.61 Å². The van der Waals surface area contributed by atoms with Crippen LogP contribution in [0.25, 0.3) is 0 Å². The van der Waals surface area contributed by atoms with Gasteiger partial charge in [-0.1, -0.05) is 30.3 Å². The number of carbonyl (C=O) groups is 1. The molecule has 0 saturated heterocycles. The Bertz CT molecular complexity index is 647. The molecule has 0 aliphatic carbocycles. The van der Waals surface area contributed by atoms with Crippen LogP contribution in [0.1, 0.15) is 5.56 Å². The average molecular weight is 307 g/mol. The molecular formula is C16H15F2NO3. The maximum absolute atomic E-state index is 12.3. The van der Waals surface area contributed by atoms with Gasteiger partial charge in [0.1, 0.15) is 11.5 Å². The van der Waals surface area contributed by atoms with E-state index in [0.717, 1.165) is 0 Å². The molecule has 1 amide bonds. The summed E-state index contributed by atoms with van der Waals surface area (Å²) in [6.07, 6.45) is 0.0625. The van der Waals surface area contributed by atoms with Gasteiger partial charge in [0.05, 0.1) is 19.2 Å². The molecule has 0 radical (unpaired) electrons. The zero-order valence-electron chi connectivity index (χ0n) is 11.9. The molecule has 0 saturated carbocycles. The average Bonchev–Trinajstić information content (AvgIpc) is 2.49. The Morgan fingerprint density at radius 3 is 2.41 bits per heavy atom. The summed E-state index contributed by atoms with van der Waals surface area (Å²) in [6.45, 7) is -2.95. The molecule has 0 spiro atoms. The van der Waals surface area contributed by atoms with Crippen molar-refractivity contribution in [1.29, 1.82) is 0 Å². The van der Waals surface area contributed by atoms with Crippen molar-refractivity contribution in [2.24, 2.45) is 0 Å². The van der Waals surface area contributed by atoms with Crippen LogP contribution in [0.2, 0.25) is 0 Å². The monoisotopic (exact) mass is 307 g/mol. The number of benzene rings is 2. The van der Waals surface area contributed by atoms with Crippen molar-refractivity contribution in [2.45, 2.75) is 13.0 Å². The van der Waals surface area contributed by atoms with E-state index in [9.17, 15) is 13.6 Å². The lowest BCUT2D eigenvalue weighted by atomic mass is 10.1. The van der Waals surface area contributed by atoms with Gasteiger partial charge in [0.15, 0.2) is 0 Å². The number of methoxy groups -OCH3 is 1.